The minimum Gasteiger partial charge on any atom is -0.363 e. The molecule has 1 aliphatic heterocycles. The molecule has 1 saturated heterocycles. The van der Waals surface area contributed by atoms with E-state index in [4.69, 9.17) is 4.74 Å². The zero-order valence-electron chi connectivity index (χ0n) is 12.6. The third-order valence-electron chi connectivity index (χ3n) is 4.40. The van der Waals surface area contributed by atoms with E-state index in [0.717, 1.165) is 25.7 Å². The molecule has 0 saturated carbocycles. The Bertz CT molecular complexity index is 438. The Balaban J connectivity index is 2.33. The summed E-state index contributed by atoms with van der Waals surface area (Å²) < 4.78 is 6.71. The van der Waals surface area contributed by atoms with Crippen LogP contribution in [-0.2, 0) is 10.3 Å². The first kappa shape index (κ1) is 15.1. The molecule has 0 amide bonds. The summed E-state index contributed by atoms with van der Waals surface area (Å²) >= 11 is 0. The number of ether oxygens (including phenoxy) is 1. The van der Waals surface area contributed by atoms with Gasteiger partial charge in [-0.3, -0.25) is 0 Å². The van der Waals surface area contributed by atoms with Gasteiger partial charge in [-0.15, -0.1) is 13.2 Å². The zero-order chi connectivity index (χ0) is 14.5. The van der Waals surface area contributed by atoms with Gasteiger partial charge in [-0.25, -0.2) is 0 Å². The van der Waals surface area contributed by atoms with Gasteiger partial charge in [-0.2, -0.15) is 0 Å². The van der Waals surface area contributed by atoms with Crippen LogP contribution in [-0.4, -0.2) is 5.60 Å². The summed E-state index contributed by atoms with van der Waals surface area (Å²) in [5.74, 6) is 0. The monoisotopic (exact) mass is 270 g/mol. The topological polar surface area (TPSA) is 9.23 Å². The lowest BCUT2D eigenvalue weighted by Crippen LogP contribution is -2.39. The van der Waals surface area contributed by atoms with E-state index in [9.17, 15) is 0 Å². The summed E-state index contributed by atoms with van der Waals surface area (Å²) in [6.07, 6.45) is 10.3. The third-order valence-corrected chi connectivity index (χ3v) is 4.40. The first-order valence-corrected chi connectivity index (χ1v) is 7.62. The lowest BCUT2D eigenvalue weighted by atomic mass is 9.89. The zero-order valence-corrected chi connectivity index (χ0v) is 12.6. The largest absolute Gasteiger partial charge is 0.363 e. The van der Waals surface area contributed by atoms with E-state index in [0.29, 0.717) is 0 Å². The minimum atomic E-state index is -0.205. The van der Waals surface area contributed by atoms with Gasteiger partial charge in [0.15, 0.2) is 0 Å². The van der Waals surface area contributed by atoms with E-state index in [1.165, 1.54) is 18.4 Å². The van der Waals surface area contributed by atoms with Crippen molar-refractivity contribution in [1.29, 1.82) is 0 Å². The van der Waals surface area contributed by atoms with E-state index in [1.807, 2.05) is 12.2 Å². The molecule has 20 heavy (non-hydrogen) atoms. The van der Waals surface area contributed by atoms with Gasteiger partial charge in [0.1, 0.15) is 0 Å². The van der Waals surface area contributed by atoms with Crippen LogP contribution in [0.1, 0.15) is 51.0 Å². The van der Waals surface area contributed by atoms with Crippen LogP contribution >= 0.6 is 0 Å². The number of rotatable bonds is 5. The molecule has 1 heteroatoms. The summed E-state index contributed by atoms with van der Waals surface area (Å²) in [7, 11) is 0. The Kier molecular flexibility index (Phi) is 4.82. The SMILES string of the molecule is C=CCC1(CC=C)CCCCC(C)(c2ccccc2)O1. The predicted molar refractivity (Wildman–Crippen MR) is 85.7 cm³/mol. The van der Waals surface area contributed by atoms with Crippen molar-refractivity contribution >= 4 is 0 Å². The molecule has 0 aromatic heterocycles. The van der Waals surface area contributed by atoms with E-state index >= 15 is 0 Å². The first-order valence-electron chi connectivity index (χ1n) is 7.62. The highest BCUT2D eigenvalue weighted by Gasteiger charge is 2.40. The quantitative estimate of drug-likeness (QED) is 0.652. The van der Waals surface area contributed by atoms with Crippen LogP contribution in [0.2, 0.25) is 0 Å². The molecule has 1 aromatic carbocycles. The molecule has 1 aromatic rings. The smallest absolute Gasteiger partial charge is 0.0911 e. The second kappa shape index (κ2) is 6.41. The fraction of sp³-hybridized carbons (Fsp3) is 0.474. The summed E-state index contributed by atoms with van der Waals surface area (Å²) in [5, 5.41) is 0. The summed E-state index contributed by atoms with van der Waals surface area (Å²) in [4.78, 5) is 0. The molecule has 1 heterocycles. The maximum Gasteiger partial charge on any atom is 0.0911 e. The highest BCUT2D eigenvalue weighted by molar-refractivity contribution is 5.22. The minimum absolute atomic E-state index is 0.134. The summed E-state index contributed by atoms with van der Waals surface area (Å²) in [6.45, 7) is 10.1. The van der Waals surface area contributed by atoms with Gasteiger partial charge < -0.3 is 4.74 Å². The average Bonchev–Trinajstić information content (AvgIpc) is 2.61. The van der Waals surface area contributed by atoms with Crippen LogP contribution in [0.25, 0.3) is 0 Å². The third kappa shape index (κ3) is 3.21. The first-order chi connectivity index (χ1) is 9.64. The standard InChI is InChI=1S/C19H26O/c1-4-13-19(14-5-2)16-10-9-15-18(3,20-19)17-11-7-6-8-12-17/h4-8,11-12H,1-2,9-10,13-16H2,3H3. The van der Waals surface area contributed by atoms with E-state index < -0.39 is 0 Å². The number of hydrogen-bond acceptors (Lipinski definition) is 1. The second-order valence-electron chi connectivity index (χ2n) is 6.07. The van der Waals surface area contributed by atoms with Crippen molar-refractivity contribution in [2.75, 3.05) is 0 Å². The van der Waals surface area contributed by atoms with Crippen LogP contribution in [0.5, 0.6) is 0 Å². The summed E-state index contributed by atoms with van der Waals surface area (Å²) in [5.41, 5.74) is 0.938. The Labute approximate surface area is 123 Å². The van der Waals surface area contributed by atoms with Gasteiger partial charge in [-0.05, 0) is 38.2 Å². The van der Waals surface area contributed by atoms with Gasteiger partial charge in [-0.1, -0.05) is 55.3 Å². The van der Waals surface area contributed by atoms with Crippen molar-refractivity contribution < 1.29 is 4.74 Å². The molecule has 1 atom stereocenters. The lowest BCUT2D eigenvalue weighted by molar-refractivity contribution is -0.149. The van der Waals surface area contributed by atoms with Crippen LogP contribution in [0, 0.1) is 0 Å². The molecule has 2 rings (SSSR count). The van der Waals surface area contributed by atoms with Crippen molar-refractivity contribution in [3.05, 3.63) is 61.2 Å². The Morgan fingerprint density at radius 2 is 1.65 bits per heavy atom. The lowest BCUT2D eigenvalue weighted by Gasteiger charge is -2.40. The Hall–Kier alpha value is -1.34. The number of benzene rings is 1. The average molecular weight is 270 g/mol. The normalized spacial score (nSPS) is 25.6. The van der Waals surface area contributed by atoms with E-state index in [-0.39, 0.29) is 11.2 Å². The molecule has 1 aliphatic rings. The van der Waals surface area contributed by atoms with Crippen molar-refractivity contribution in [3.8, 4) is 0 Å². The highest BCUT2D eigenvalue weighted by atomic mass is 16.5. The fourth-order valence-corrected chi connectivity index (χ4v) is 3.38. The van der Waals surface area contributed by atoms with Crippen molar-refractivity contribution in [2.24, 2.45) is 0 Å². The second-order valence-corrected chi connectivity index (χ2v) is 6.07. The van der Waals surface area contributed by atoms with Gasteiger partial charge in [0.25, 0.3) is 0 Å². The molecule has 0 aliphatic carbocycles. The van der Waals surface area contributed by atoms with Crippen LogP contribution < -0.4 is 0 Å². The van der Waals surface area contributed by atoms with Crippen molar-refractivity contribution in [3.63, 3.8) is 0 Å². The Morgan fingerprint density at radius 3 is 2.25 bits per heavy atom. The van der Waals surface area contributed by atoms with Gasteiger partial charge >= 0.3 is 0 Å². The molecule has 1 nitrogen and oxygen atoms in total. The molecule has 1 unspecified atom stereocenters. The molecule has 0 bridgehead atoms. The van der Waals surface area contributed by atoms with Crippen molar-refractivity contribution in [2.45, 2.75) is 56.7 Å². The molecule has 1 fully saturated rings. The van der Waals surface area contributed by atoms with Crippen LogP contribution in [0.3, 0.4) is 0 Å². The molecular weight excluding hydrogens is 244 g/mol. The fourth-order valence-electron chi connectivity index (χ4n) is 3.38. The summed E-state index contributed by atoms with van der Waals surface area (Å²) in [6, 6.07) is 10.6. The van der Waals surface area contributed by atoms with Gasteiger partial charge in [0, 0.05) is 0 Å². The molecule has 108 valence electrons. The van der Waals surface area contributed by atoms with Crippen LogP contribution in [0.15, 0.2) is 55.6 Å². The predicted octanol–water partition coefficient (Wildman–Crippen LogP) is 5.38. The molecule has 0 radical (unpaired) electrons. The Morgan fingerprint density at radius 1 is 1.05 bits per heavy atom. The highest BCUT2D eigenvalue weighted by Crippen LogP contribution is 2.43. The van der Waals surface area contributed by atoms with E-state index in [1.54, 1.807) is 0 Å². The maximum absolute atomic E-state index is 6.71. The molecule has 0 spiro atoms. The van der Waals surface area contributed by atoms with Crippen LogP contribution in [0.4, 0.5) is 0 Å². The molecular formula is C19H26O. The molecule has 0 N–H and O–H groups in total. The number of hydrogen-bond donors (Lipinski definition) is 0. The van der Waals surface area contributed by atoms with Crippen molar-refractivity contribution in [1.82, 2.24) is 0 Å². The van der Waals surface area contributed by atoms with E-state index in [2.05, 4.69) is 50.4 Å². The van der Waals surface area contributed by atoms with Gasteiger partial charge in [0.2, 0.25) is 0 Å². The maximum atomic E-state index is 6.71. The van der Waals surface area contributed by atoms with Gasteiger partial charge in [0.05, 0.1) is 11.2 Å².